The minimum absolute atomic E-state index is 0.0841. The Morgan fingerprint density at radius 1 is 1.03 bits per heavy atom. The van der Waals surface area contributed by atoms with E-state index in [0.717, 1.165) is 24.2 Å². The van der Waals surface area contributed by atoms with Crippen molar-refractivity contribution < 1.29 is 5.11 Å². The first kappa shape index (κ1) is 22.6. The second kappa shape index (κ2) is 7.79. The molecule has 170 valence electrons. The van der Waals surface area contributed by atoms with E-state index in [1.165, 1.54) is 63.4 Å². The van der Waals surface area contributed by atoms with Gasteiger partial charge in [-0.05, 0) is 118 Å². The summed E-state index contributed by atoms with van der Waals surface area (Å²) >= 11 is 0. The van der Waals surface area contributed by atoms with Gasteiger partial charge in [0.25, 0.3) is 0 Å². The number of aliphatic hydroxyl groups is 1. The second-order valence-electron chi connectivity index (χ2n) is 12.9. The smallest absolute Gasteiger partial charge is 0.0594 e. The molecule has 7 atom stereocenters. The highest BCUT2D eigenvalue weighted by molar-refractivity contribution is 5.36. The summed E-state index contributed by atoms with van der Waals surface area (Å²) in [6, 6.07) is 0. The molecular weight excluding hydrogens is 364 g/mol. The van der Waals surface area contributed by atoms with Gasteiger partial charge in [0.05, 0.1) is 6.10 Å². The monoisotopic (exact) mass is 412 g/mol. The van der Waals surface area contributed by atoms with Crippen molar-refractivity contribution >= 4 is 0 Å². The topological polar surface area (TPSA) is 20.2 Å². The molecule has 2 saturated carbocycles. The lowest BCUT2D eigenvalue weighted by molar-refractivity contribution is -0.0627. The minimum atomic E-state index is -0.108. The highest BCUT2D eigenvalue weighted by Crippen LogP contribution is 2.70. The molecule has 1 N–H and O–H groups in total. The summed E-state index contributed by atoms with van der Waals surface area (Å²) in [5.41, 5.74) is 6.21. The fourth-order valence-corrected chi connectivity index (χ4v) is 8.87. The lowest BCUT2D eigenvalue weighted by Gasteiger charge is -2.58. The predicted molar refractivity (Wildman–Crippen MR) is 128 cm³/mol. The molecule has 0 spiro atoms. The van der Waals surface area contributed by atoms with Crippen LogP contribution in [0, 0.1) is 39.9 Å². The van der Waals surface area contributed by atoms with Crippen molar-refractivity contribution in [3.63, 3.8) is 0 Å². The molecule has 0 unspecified atom stereocenters. The van der Waals surface area contributed by atoms with E-state index in [1.54, 1.807) is 0 Å². The highest BCUT2D eigenvalue weighted by atomic mass is 16.3. The van der Waals surface area contributed by atoms with Crippen LogP contribution in [-0.2, 0) is 0 Å². The summed E-state index contributed by atoms with van der Waals surface area (Å²) in [6.07, 6.45) is 15.3. The Balaban J connectivity index is 1.60. The number of hydrogen-bond acceptors (Lipinski definition) is 1. The van der Waals surface area contributed by atoms with Gasteiger partial charge < -0.3 is 5.11 Å². The largest absolute Gasteiger partial charge is 0.393 e. The Labute approximate surface area is 186 Å². The van der Waals surface area contributed by atoms with Crippen LogP contribution in [0.5, 0.6) is 0 Å². The van der Waals surface area contributed by atoms with Gasteiger partial charge in [0.1, 0.15) is 0 Å². The van der Waals surface area contributed by atoms with E-state index in [4.69, 9.17) is 0 Å². The van der Waals surface area contributed by atoms with Crippen LogP contribution in [0.4, 0.5) is 0 Å². The maximum Gasteiger partial charge on any atom is 0.0594 e. The van der Waals surface area contributed by atoms with E-state index < -0.39 is 0 Å². The van der Waals surface area contributed by atoms with Crippen LogP contribution in [0.15, 0.2) is 22.8 Å². The molecule has 4 aliphatic rings. The minimum Gasteiger partial charge on any atom is -0.393 e. The zero-order valence-electron chi connectivity index (χ0n) is 21.0. The third-order valence-electron chi connectivity index (χ3n) is 11.1. The van der Waals surface area contributed by atoms with Gasteiger partial charge in [-0.2, -0.15) is 0 Å². The number of allylic oxidation sites excluding steroid dienone is 4. The fourth-order valence-electron chi connectivity index (χ4n) is 8.87. The summed E-state index contributed by atoms with van der Waals surface area (Å²) in [5, 5.41) is 10.7. The molecule has 0 saturated heterocycles. The Kier molecular flexibility index (Phi) is 5.87. The van der Waals surface area contributed by atoms with Gasteiger partial charge in [0, 0.05) is 0 Å². The van der Waals surface area contributed by atoms with Gasteiger partial charge >= 0.3 is 0 Å². The van der Waals surface area contributed by atoms with E-state index in [9.17, 15) is 5.11 Å². The summed E-state index contributed by atoms with van der Waals surface area (Å²) in [4.78, 5) is 0. The number of aliphatic hydroxyl groups excluding tert-OH is 1. The molecule has 0 aliphatic heterocycles. The number of rotatable bonds is 4. The quantitative estimate of drug-likeness (QED) is 0.462. The van der Waals surface area contributed by atoms with Gasteiger partial charge in [0.15, 0.2) is 0 Å². The SMILES string of the molecule is CC(C)=CCC[C@H](C)[C@@H]1CC[C@]2(C)C3=C(CC[C@]12C)[C@@H]1CC[C@H](O)C(C)(C)[C@@H]1CC3. The molecule has 0 amide bonds. The molecule has 4 rings (SSSR count). The van der Waals surface area contributed by atoms with E-state index in [1.807, 2.05) is 11.1 Å². The van der Waals surface area contributed by atoms with E-state index in [2.05, 4.69) is 54.5 Å². The van der Waals surface area contributed by atoms with Crippen molar-refractivity contribution in [2.75, 3.05) is 0 Å². The third-order valence-corrected chi connectivity index (χ3v) is 11.1. The Morgan fingerprint density at radius 2 is 1.77 bits per heavy atom. The van der Waals surface area contributed by atoms with Gasteiger partial charge in [-0.1, -0.05) is 57.4 Å². The van der Waals surface area contributed by atoms with E-state index in [-0.39, 0.29) is 11.5 Å². The highest BCUT2D eigenvalue weighted by Gasteiger charge is 2.60. The lowest BCUT2D eigenvalue weighted by Crippen LogP contribution is -2.50. The summed E-state index contributed by atoms with van der Waals surface area (Å²) < 4.78 is 0. The molecule has 0 aromatic carbocycles. The lowest BCUT2D eigenvalue weighted by atomic mass is 9.47. The second-order valence-corrected chi connectivity index (χ2v) is 12.9. The van der Waals surface area contributed by atoms with Gasteiger partial charge in [0.2, 0.25) is 0 Å². The van der Waals surface area contributed by atoms with Crippen molar-refractivity contribution in [3.8, 4) is 0 Å². The summed E-state index contributed by atoms with van der Waals surface area (Å²) in [5.74, 6) is 3.15. The van der Waals surface area contributed by atoms with E-state index >= 15 is 0 Å². The van der Waals surface area contributed by atoms with E-state index in [0.29, 0.717) is 16.7 Å². The normalized spacial score (nSPS) is 43.5. The molecule has 0 aromatic heterocycles. The van der Waals surface area contributed by atoms with Crippen molar-refractivity contribution in [2.24, 2.45) is 39.9 Å². The van der Waals surface area contributed by atoms with Crippen LogP contribution in [0.1, 0.15) is 113 Å². The Bertz CT molecular complexity index is 723. The molecule has 4 aliphatic carbocycles. The Hall–Kier alpha value is -0.560. The average molecular weight is 413 g/mol. The first-order chi connectivity index (χ1) is 14.0. The molecule has 1 nitrogen and oxygen atoms in total. The zero-order valence-corrected chi connectivity index (χ0v) is 21.0. The molecule has 0 heterocycles. The maximum atomic E-state index is 10.7. The first-order valence-electron chi connectivity index (χ1n) is 13.1. The molecule has 30 heavy (non-hydrogen) atoms. The molecular formula is C29H48O. The Morgan fingerprint density at radius 3 is 2.47 bits per heavy atom. The standard InChI is InChI=1S/C29H48O/c1-19(2)9-8-10-20(3)23-16-18-29(7)25-13-12-24-21(11-14-26(30)27(24,4)5)22(25)15-17-28(23,29)6/h9,20-21,23-24,26,30H,8,10-18H2,1-7H3/t20-,21-,23-,24+,26-,28+,29+/m0/s1. The van der Waals surface area contributed by atoms with Gasteiger partial charge in [-0.3, -0.25) is 0 Å². The zero-order chi connectivity index (χ0) is 21.9. The van der Waals surface area contributed by atoms with Crippen molar-refractivity contribution in [1.82, 2.24) is 0 Å². The molecule has 2 fully saturated rings. The number of fused-ring (bicyclic) bond motifs is 4. The van der Waals surface area contributed by atoms with Gasteiger partial charge in [-0.15, -0.1) is 0 Å². The predicted octanol–water partition coefficient (Wildman–Crippen LogP) is 8.09. The fraction of sp³-hybridized carbons (Fsp3) is 0.862. The van der Waals surface area contributed by atoms with Gasteiger partial charge in [-0.25, -0.2) is 0 Å². The summed E-state index contributed by atoms with van der Waals surface area (Å²) in [7, 11) is 0. The third kappa shape index (κ3) is 3.28. The molecule has 0 radical (unpaired) electrons. The van der Waals surface area contributed by atoms with Crippen LogP contribution < -0.4 is 0 Å². The van der Waals surface area contributed by atoms with Crippen LogP contribution in [-0.4, -0.2) is 11.2 Å². The first-order valence-corrected chi connectivity index (χ1v) is 13.1. The molecule has 0 aromatic rings. The summed E-state index contributed by atoms with van der Waals surface area (Å²) in [6.45, 7) is 17.0. The van der Waals surface area contributed by atoms with Crippen LogP contribution in [0.2, 0.25) is 0 Å². The number of hydrogen-bond donors (Lipinski definition) is 1. The van der Waals surface area contributed by atoms with Crippen LogP contribution in [0.3, 0.4) is 0 Å². The van der Waals surface area contributed by atoms with Crippen LogP contribution >= 0.6 is 0 Å². The van der Waals surface area contributed by atoms with Crippen molar-refractivity contribution in [2.45, 2.75) is 119 Å². The average Bonchev–Trinajstić information content (AvgIpc) is 2.96. The maximum absolute atomic E-state index is 10.7. The van der Waals surface area contributed by atoms with Crippen molar-refractivity contribution in [1.29, 1.82) is 0 Å². The molecule has 1 heteroatoms. The van der Waals surface area contributed by atoms with Crippen LogP contribution in [0.25, 0.3) is 0 Å². The molecule has 0 bridgehead atoms. The van der Waals surface area contributed by atoms with Crippen molar-refractivity contribution in [3.05, 3.63) is 22.8 Å².